The smallest absolute Gasteiger partial charge is 0.407 e. The molecule has 0 aromatic carbocycles. The van der Waals surface area contributed by atoms with Crippen LogP contribution in [0.3, 0.4) is 0 Å². The van der Waals surface area contributed by atoms with E-state index in [2.05, 4.69) is 20.2 Å². The van der Waals surface area contributed by atoms with Gasteiger partial charge in [0.15, 0.2) is 0 Å². The fourth-order valence-electron chi connectivity index (χ4n) is 2.66. The Balaban J connectivity index is 1.89. The first-order valence-electron chi connectivity index (χ1n) is 7.96. The molecule has 0 aliphatic carbocycles. The summed E-state index contributed by atoms with van der Waals surface area (Å²) in [5.41, 5.74) is 0.381. The second kappa shape index (κ2) is 7.34. The van der Waals surface area contributed by atoms with Gasteiger partial charge in [-0.2, -0.15) is 0 Å². The Morgan fingerprint density at radius 3 is 2.87 bits per heavy atom. The summed E-state index contributed by atoms with van der Waals surface area (Å²) < 4.78 is 5.27. The Hall–Kier alpha value is -1.56. The average molecular weight is 341 g/mol. The van der Waals surface area contributed by atoms with Crippen LogP contribution in [-0.4, -0.2) is 41.3 Å². The summed E-state index contributed by atoms with van der Waals surface area (Å²) in [4.78, 5) is 22.4. The van der Waals surface area contributed by atoms with Crippen LogP contribution in [0.1, 0.15) is 39.3 Å². The zero-order valence-corrected chi connectivity index (χ0v) is 15.0. The summed E-state index contributed by atoms with van der Waals surface area (Å²) in [6.07, 6.45) is 1.77. The summed E-state index contributed by atoms with van der Waals surface area (Å²) in [7, 11) is 0. The number of piperidine rings is 1. The van der Waals surface area contributed by atoms with Gasteiger partial charge in [0.25, 0.3) is 0 Å². The van der Waals surface area contributed by atoms with Crippen molar-refractivity contribution in [2.75, 3.05) is 24.5 Å². The SMILES string of the molecule is Cc1cc(N2CCCC(CNC(=O)OC(C)(C)C)C2)nc(Cl)n1. The van der Waals surface area contributed by atoms with Gasteiger partial charge in [-0.25, -0.2) is 14.8 Å². The number of nitrogens with zero attached hydrogens (tertiary/aromatic N) is 3. The van der Waals surface area contributed by atoms with Crippen molar-refractivity contribution in [3.63, 3.8) is 0 Å². The van der Waals surface area contributed by atoms with E-state index in [1.54, 1.807) is 0 Å². The molecule has 1 aromatic rings. The van der Waals surface area contributed by atoms with Crippen molar-refractivity contribution in [2.45, 2.75) is 46.1 Å². The largest absolute Gasteiger partial charge is 0.444 e. The number of amides is 1. The highest BCUT2D eigenvalue weighted by atomic mass is 35.5. The fraction of sp³-hybridized carbons (Fsp3) is 0.688. The number of nitrogens with one attached hydrogen (secondary N) is 1. The topological polar surface area (TPSA) is 67.4 Å². The zero-order valence-electron chi connectivity index (χ0n) is 14.2. The highest BCUT2D eigenvalue weighted by Crippen LogP contribution is 2.23. The fourth-order valence-corrected chi connectivity index (χ4v) is 2.88. The maximum absolute atomic E-state index is 11.8. The molecule has 1 unspecified atom stereocenters. The third-order valence-electron chi connectivity index (χ3n) is 3.59. The van der Waals surface area contributed by atoms with E-state index in [0.29, 0.717) is 12.5 Å². The van der Waals surface area contributed by atoms with E-state index in [1.807, 2.05) is 33.8 Å². The van der Waals surface area contributed by atoms with Gasteiger partial charge in [0.1, 0.15) is 11.4 Å². The standard InChI is InChI=1S/C16H25ClN4O2/c1-11-8-13(20-14(17)19-11)21-7-5-6-12(10-21)9-18-15(22)23-16(2,3)4/h8,12H,5-7,9-10H2,1-4H3,(H,18,22). The van der Waals surface area contributed by atoms with Crippen LogP contribution < -0.4 is 10.2 Å². The number of rotatable bonds is 3. The molecule has 1 amide bonds. The number of hydrogen-bond donors (Lipinski definition) is 1. The van der Waals surface area contributed by atoms with Crippen LogP contribution in [0, 0.1) is 12.8 Å². The summed E-state index contributed by atoms with van der Waals surface area (Å²) in [6, 6.07) is 1.94. The van der Waals surface area contributed by atoms with Gasteiger partial charge in [0.2, 0.25) is 5.28 Å². The van der Waals surface area contributed by atoms with Crippen LogP contribution in [0.25, 0.3) is 0 Å². The van der Waals surface area contributed by atoms with E-state index in [9.17, 15) is 4.79 Å². The number of carbonyl (C=O) groups excluding carboxylic acids is 1. The molecule has 1 fully saturated rings. The predicted molar refractivity (Wildman–Crippen MR) is 91.0 cm³/mol. The summed E-state index contributed by atoms with van der Waals surface area (Å²) in [5, 5.41) is 3.13. The van der Waals surface area contributed by atoms with Crippen molar-refractivity contribution in [3.05, 3.63) is 17.0 Å². The van der Waals surface area contributed by atoms with Crippen LogP contribution in [0.2, 0.25) is 5.28 Å². The molecular weight excluding hydrogens is 316 g/mol. The molecule has 0 bridgehead atoms. The molecular formula is C16H25ClN4O2. The predicted octanol–water partition coefficient (Wildman–Crippen LogP) is 3.18. The minimum absolute atomic E-state index is 0.272. The van der Waals surface area contributed by atoms with Gasteiger partial charge >= 0.3 is 6.09 Å². The van der Waals surface area contributed by atoms with Crippen LogP contribution in [-0.2, 0) is 4.74 Å². The van der Waals surface area contributed by atoms with Crippen molar-refractivity contribution in [1.29, 1.82) is 0 Å². The average Bonchev–Trinajstić information content (AvgIpc) is 2.43. The zero-order chi connectivity index (χ0) is 17.0. The number of halogens is 1. The molecule has 23 heavy (non-hydrogen) atoms. The molecule has 1 aromatic heterocycles. The molecule has 7 heteroatoms. The van der Waals surface area contributed by atoms with Gasteiger partial charge in [-0.1, -0.05) is 0 Å². The van der Waals surface area contributed by atoms with Crippen LogP contribution in [0.5, 0.6) is 0 Å². The van der Waals surface area contributed by atoms with Crippen LogP contribution >= 0.6 is 11.6 Å². The molecule has 1 aliphatic rings. The van der Waals surface area contributed by atoms with Gasteiger partial charge in [0, 0.05) is 31.4 Å². The van der Waals surface area contributed by atoms with E-state index in [1.165, 1.54) is 0 Å². The molecule has 1 atom stereocenters. The first-order valence-corrected chi connectivity index (χ1v) is 8.34. The summed E-state index contributed by atoms with van der Waals surface area (Å²) in [6.45, 7) is 9.85. The molecule has 0 spiro atoms. The van der Waals surface area contributed by atoms with E-state index in [4.69, 9.17) is 16.3 Å². The maximum atomic E-state index is 11.8. The van der Waals surface area contributed by atoms with Crippen LogP contribution in [0.15, 0.2) is 6.07 Å². The summed E-state index contributed by atoms with van der Waals surface area (Å²) >= 11 is 5.95. The van der Waals surface area contributed by atoms with E-state index in [0.717, 1.165) is 37.4 Å². The number of aromatic nitrogens is 2. The van der Waals surface area contributed by atoms with Gasteiger partial charge in [-0.3, -0.25) is 0 Å². The minimum Gasteiger partial charge on any atom is -0.444 e. The summed E-state index contributed by atoms with van der Waals surface area (Å²) in [5.74, 6) is 1.22. The van der Waals surface area contributed by atoms with Crippen molar-refractivity contribution in [2.24, 2.45) is 5.92 Å². The molecule has 6 nitrogen and oxygen atoms in total. The highest BCUT2D eigenvalue weighted by molar-refractivity contribution is 6.28. The van der Waals surface area contributed by atoms with Crippen LogP contribution in [0.4, 0.5) is 10.6 Å². The second-order valence-electron chi connectivity index (χ2n) is 6.97. The Kier molecular flexibility index (Phi) is 5.68. The van der Waals surface area contributed by atoms with Gasteiger partial charge in [-0.15, -0.1) is 0 Å². The Labute approximate surface area is 142 Å². The molecule has 0 radical (unpaired) electrons. The normalized spacial score (nSPS) is 18.7. The van der Waals surface area contributed by atoms with Gasteiger partial charge < -0.3 is 15.0 Å². The second-order valence-corrected chi connectivity index (χ2v) is 7.31. The van der Waals surface area contributed by atoms with Gasteiger partial charge in [0.05, 0.1) is 0 Å². The number of aryl methyl sites for hydroxylation is 1. The lowest BCUT2D eigenvalue weighted by molar-refractivity contribution is 0.0517. The molecule has 1 N–H and O–H groups in total. The molecule has 1 aliphatic heterocycles. The molecule has 128 valence electrons. The first kappa shape index (κ1) is 17.8. The lowest BCUT2D eigenvalue weighted by Gasteiger charge is -2.33. The lowest BCUT2D eigenvalue weighted by Crippen LogP contribution is -2.42. The van der Waals surface area contributed by atoms with Crippen molar-refractivity contribution in [1.82, 2.24) is 15.3 Å². The highest BCUT2D eigenvalue weighted by Gasteiger charge is 2.23. The molecule has 1 saturated heterocycles. The number of alkyl carbamates (subject to hydrolysis) is 1. The third kappa shape index (κ3) is 5.86. The quantitative estimate of drug-likeness (QED) is 0.856. The molecule has 2 heterocycles. The maximum Gasteiger partial charge on any atom is 0.407 e. The minimum atomic E-state index is -0.474. The van der Waals surface area contributed by atoms with E-state index < -0.39 is 5.60 Å². The third-order valence-corrected chi connectivity index (χ3v) is 3.76. The number of anilines is 1. The molecule has 0 saturated carbocycles. The number of hydrogen-bond acceptors (Lipinski definition) is 5. The Morgan fingerprint density at radius 1 is 1.48 bits per heavy atom. The van der Waals surface area contributed by atoms with Crippen molar-refractivity contribution in [3.8, 4) is 0 Å². The van der Waals surface area contributed by atoms with Crippen molar-refractivity contribution < 1.29 is 9.53 Å². The monoisotopic (exact) mass is 340 g/mol. The number of carbonyl (C=O) groups is 1. The van der Waals surface area contributed by atoms with E-state index in [-0.39, 0.29) is 11.4 Å². The van der Waals surface area contributed by atoms with Crippen molar-refractivity contribution >= 4 is 23.5 Å². The number of ether oxygens (including phenoxy) is 1. The van der Waals surface area contributed by atoms with E-state index >= 15 is 0 Å². The van der Waals surface area contributed by atoms with Gasteiger partial charge in [-0.05, 0) is 58.1 Å². The Morgan fingerprint density at radius 2 is 2.22 bits per heavy atom. The molecule has 2 rings (SSSR count). The first-order chi connectivity index (χ1) is 10.7. The lowest BCUT2D eigenvalue weighted by atomic mass is 9.98. The Bertz CT molecular complexity index is 539.